The smallest absolute Gasteiger partial charge is 0.251 e. The topological polar surface area (TPSA) is 106 Å². The third kappa shape index (κ3) is 4.20. The Morgan fingerprint density at radius 2 is 1.91 bits per heavy atom. The summed E-state index contributed by atoms with van der Waals surface area (Å²) in [4.78, 5) is 27.7. The SMILES string of the molecule is CCC1(CC)CC(=O)N([C@H](C)c2cccc(C(=O)N[C@@H]3c4ccccc4C[C@@]3(C)O)c2)C(=N)N1. The molecule has 0 saturated carbocycles. The number of hydrogen-bond acceptors (Lipinski definition) is 4. The summed E-state index contributed by atoms with van der Waals surface area (Å²) in [5.74, 6) is -0.278. The molecule has 2 aromatic rings. The maximum absolute atomic E-state index is 13.2. The number of carbonyl (C=O) groups is 2. The van der Waals surface area contributed by atoms with Gasteiger partial charge in [-0.3, -0.25) is 19.9 Å². The van der Waals surface area contributed by atoms with Crippen LogP contribution in [-0.2, 0) is 11.2 Å². The number of nitrogens with zero attached hydrogens (tertiary/aromatic N) is 1. The number of rotatable bonds is 6. The van der Waals surface area contributed by atoms with Crippen LogP contribution in [-0.4, -0.2) is 38.9 Å². The van der Waals surface area contributed by atoms with E-state index in [4.69, 9.17) is 5.41 Å². The minimum absolute atomic E-state index is 0.0894. The van der Waals surface area contributed by atoms with Gasteiger partial charge in [-0.05, 0) is 55.5 Å². The third-order valence-electron chi connectivity index (χ3n) is 7.57. The molecule has 34 heavy (non-hydrogen) atoms. The standard InChI is InChI=1S/C27H34N4O3/c1-5-27(6-2)16-22(32)31(25(28)30-27)17(3)18-11-9-12-19(14-18)24(33)29-23-21-13-8-7-10-20(21)15-26(23,4)34/h7-14,17,23,34H,5-6,15-16H2,1-4H3,(H2,28,30)(H,29,33)/t17-,23-,26-/m1/s1. The maximum Gasteiger partial charge on any atom is 0.251 e. The predicted octanol–water partition coefficient (Wildman–Crippen LogP) is 3.84. The van der Waals surface area contributed by atoms with E-state index in [2.05, 4.69) is 10.6 Å². The Morgan fingerprint density at radius 1 is 1.21 bits per heavy atom. The van der Waals surface area contributed by atoms with Crippen molar-refractivity contribution in [2.45, 2.75) is 76.6 Å². The average molecular weight is 463 g/mol. The zero-order chi connectivity index (χ0) is 24.7. The zero-order valence-corrected chi connectivity index (χ0v) is 20.3. The quantitative estimate of drug-likeness (QED) is 0.523. The van der Waals surface area contributed by atoms with E-state index in [0.29, 0.717) is 18.4 Å². The van der Waals surface area contributed by atoms with Crippen LogP contribution in [0.3, 0.4) is 0 Å². The summed E-state index contributed by atoms with van der Waals surface area (Å²) >= 11 is 0. The lowest BCUT2D eigenvalue weighted by atomic mass is 9.86. The predicted molar refractivity (Wildman–Crippen MR) is 131 cm³/mol. The minimum Gasteiger partial charge on any atom is -0.387 e. The molecule has 2 amide bonds. The van der Waals surface area contributed by atoms with Crippen LogP contribution >= 0.6 is 0 Å². The normalized spacial score (nSPS) is 24.4. The van der Waals surface area contributed by atoms with Crippen molar-refractivity contribution < 1.29 is 14.7 Å². The third-order valence-corrected chi connectivity index (χ3v) is 7.57. The second-order valence-electron chi connectivity index (χ2n) is 9.84. The number of benzene rings is 2. The number of guanidine groups is 1. The first-order valence-electron chi connectivity index (χ1n) is 12.0. The lowest BCUT2D eigenvalue weighted by Crippen LogP contribution is -2.62. The number of fused-ring (bicyclic) bond motifs is 1. The van der Waals surface area contributed by atoms with Gasteiger partial charge in [0.1, 0.15) is 0 Å². The summed E-state index contributed by atoms with van der Waals surface area (Å²) in [5, 5.41) is 25.7. The molecule has 1 fully saturated rings. The first-order valence-corrected chi connectivity index (χ1v) is 12.0. The van der Waals surface area contributed by atoms with Gasteiger partial charge >= 0.3 is 0 Å². The molecule has 3 atom stereocenters. The highest BCUT2D eigenvalue weighted by Crippen LogP contribution is 2.39. The summed E-state index contributed by atoms with van der Waals surface area (Å²) in [7, 11) is 0. The van der Waals surface area contributed by atoms with Crippen molar-refractivity contribution in [3.63, 3.8) is 0 Å². The molecule has 1 aliphatic heterocycles. The number of aliphatic hydroxyl groups is 1. The van der Waals surface area contributed by atoms with E-state index in [-0.39, 0.29) is 23.3 Å². The highest BCUT2D eigenvalue weighted by molar-refractivity contribution is 6.00. The fraction of sp³-hybridized carbons (Fsp3) is 0.444. The Bertz CT molecular complexity index is 1100. The van der Waals surface area contributed by atoms with Gasteiger partial charge in [0.15, 0.2) is 5.96 Å². The largest absolute Gasteiger partial charge is 0.387 e. The van der Waals surface area contributed by atoms with E-state index in [0.717, 1.165) is 29.5 Å². The second-order valence-corrected chi connectivity index (χ2v) is 9.84. The minimum atomic E-state index is -1.07. The summed E-state index contributed by atoms with van der Waals surface area (Å²) in [6.07, 6.45) is 2.35. The Hall–Kier alpha value is -3.19. The van der Waals surface area contributed by atoms with Crippen molar-refractivity contribution >= 4 is 17.8 Å². The highest BCUT2D eigenvalue weighted by Gasteiger charge is 2.43. The van der Waals surface area contributed by atoms with Crippen molar-refractivity contribution in [2.75, 3.05) is 0 Å². The van der Waals surface area contributed by atoms with Gasteiger partial charge in [-0.2, -0.15) is 0 Å². The first-order chi connectivity index (χ1) is 16.1. The van der Waals surface area contributed by atoms with Gasteiger partial charge < -0.3 is 15.7 Å². The molecule has 1 aliphatic carbocycles. The molecule has 0 bridgehead atoms. The van der Waals surface area contributed by atoms with Crippen molar-refractivity contribution in [2.24, 2.45) is 0 Å². The molecule has 4 N–H and O–H groups in total. The Kier molecular flexibility index (Phi) is 6.25. The molecule has 4 rings (SSSR count). The van der Waals surface area contributed by atoms with E-state index in [1.54, 1.807) is 25.1 Å². The van der Waals surface area contributed by atoms with Crippen molar-refractivity contribution in [1.29, 1.82) is 5.41 Å². The number of carbonyl (C=O) groups excluding carboxylic acids is 2. The lowest BCUT2D eigenvalue weighted by molar-refractivity contribution is -0.132. The van der Waals surface area contributed by atoms with Gasteiger partial charge in [-0.25, -0.2) is 0 Å². The van der Waals surface area contributed by atoms with Crippen LogP contribution in [0, 0.1) is 5.41 Å². The molecule has 0 unspecified atom stereocenters. The van der Waals surface area contributed by atoms with Crippen LogP contribution in [0.25, 0.3) is 0 Å². The van der Waals surface area contributed by atoms with Gasteiger partial charge in [0, 0.05) is 17.5 Å². The maximum atomic E-state index is 13.2. The van der Waals surface area contributed by atoms with E-state index in [1.165, 1.54) is 4.90 Å². The van der Waals surface area contributed by atoms with Crippen molar-refractivity contribution in [3.8, 4) is 0 Å². The fourth-order valence-electron chi connectivity index (χ4n) is 5.28. The fourth-order valence-corrected chi connectivity index (χ4v) is 5.28. The molecule has 0 spiro atoms. The number of amides is 2. The monoisotopic (exact) mass is 462 g/mol. The first kappa shape index (κ1) is 24.0. The molecule has 7 heteroatoms. The number of nitrogens with one attached hydrogen (secondary N) is 3. The summed E-state index contributed by atoms with van der Waals surface area (Å²) in [6.45, 7) is 7.66. The number of hydrogen-bond donors (Lipinski definition) is 4. The molecule has 2 aliphatic rings. The Balaban J connectivity index is 1.54. The molecule has 1 saturated heterocycles. The molecular formula is C27H34N4O3. The molecule has 7 nitrogen and oxygen atoms in total. The molecule has 1 heterocycles. The molecular weight excluding hydrogens is 428 g/mol. The van der Waals surface area contributed by atoms with E-state index in [9.17, 15) is 14.7 Å². The van der Waals surface area contributed by atoms with Crippen molar-refractivity contribution in [3.05, 3.63) is 70.8 Å². The van der Waals surface area contributed by atoms with E-state index >= 15 is 0 Å². The molecule has 0 radical (unpaired) electrons. The molecule has 2 aromatic carbocycles. The zero-order valence-electron chi connectivity index (χ0n) is 20.3. The lowest BCUT2D eigenvalue weighted by Gasteiger charge is -2.44. The van der Waals surface area contributed by atoms with Crippen molar-refractivity contribution in [1.82, 2.24) is 15.5 Å². The van der Waals surface area contributed by atoms with Gasteiger partial charge in [0.25, 0.3) is 5.91 Å². The van der Waals surface area contributed by atoms with Crippen LogP contribution in [0.1, 0.15) is 86.1 Å². The second kappa shape index (κ2) is 8.87. The van der Waals surface area contributed by atoms with Crippen LogP contribution in [0.15, 0.2) is 48.5 Å². The van der Waals surface area contributed by atoms with Gasteiger partial charge in [-0.1, -0.05) is 50.2 Å². The Labute approximate surface area is 201 Å². The van der Waals surface area contributed by atoms with Crippen LogP contribution in [0.2, 0.25) is 0 Å². The van der Waals surface area contributed by atoms with Crippen LogP contribution in [0.4, 0.5) is 0 Å². The summed E-state index contributed by atoms with van der Waals surface area (Å²) < 4.78 is 0. The summed E-state index contributed by atoms with van der Waals surface area (Å²) in [6, 6.07) is 14.0. The van der Waals surface area contributed by atoms with Crippen LogP contribution in [0.5, 0.6) is 0 Å². The molecule has 0 aromatic heterocycles. The summed E-state index contributed by atoms with van der Waals surface area (Å²) in [5.41, 5.74) is 1.73. The Morgan fingerprint density at radius 3 is 2.59 bits per heavy atom. The van der Waals surface area contributed by atoms with Crippen LogP contribution < -0.4 is 10.6 Å². The van der Waals surface area contributed by atoms with E-state index in [1.807, 2.05) is 51.1 Å². The average Bonchev–Trinajstić information content (AvgIpc) is 3.07. The van der Waals surface area contributed by atoms with Gasteiger partial charge in [0.2, 0.25) is 5.91 Å². The highest BCUT2D eigenvalue weighted by atomic mass is 16.3. The molecule has 180 valence electrons. The van der Waals surface area contributed by atoms with Gasteiger partial charge in [0.05, 0.1) is 24.1 Å². The van der Waals surface area contributed by atoms with E-state index < -0.39 is 17.7 Å². The van der Waals surface area contributed by atoms with Gasteiger partial charge in [-0.15, -0.1) is 0 Å².